The number of hydrogen-bond acceptors (Lipinski definition) is 1. The van der Waals surface area contributed by atoms with Crippen molar-refractivity contribution in [3.8, 4) is 11.1 Å². The molecule has 17 heavy (non-hydrogen) atoms. The molecule has 0 bridgehead atoms. The second kappa shape index (κ2) is 4.45. The first kappa shape index (κ1) is 11.5. The van der Waals surface area contributed by atoms with Crippen LogP contribution in [-0.4, -0.2) is 6.29 Å². The fourth-order valence-corrected chi connectivity index (χ4v) is 1.65. The van der Waals surface area contributed by atoms with Gasteiger partial charge in [-0.15, -0.1) is 0 Å². The number of benzene rings is 2. The molecule has 0 heterocycles. The lowest BCUT2D eigenvalue weighted by Gasteiger charge is -2.06. The molecule has 0 aliphatic carbocycles. The fraction of sp³-hybridized carbons (Fsp3) is 0.0714. The lowest BCUT2D eigenvalue weighted by Crippen LogP contribution is -1.93. The van der Waals surface area contributed by atoms with Crippen LogP contribution in [0.1, 0.15) is 15.9 Å². The number of rotatable bonds is 2. The van der Waals surface area contributed by atoms with Crippen LogP contribution in [0.3, 0.4) is 0 Å². The van der Waals surface area contributed by atoms with Crippen molar-refractivity contribution in [1.82, 2.24) is 0 Å². The van der Waals surface area contributed by atoms with Gasteiger partial charge in [-0.3, -0.25) is 4.79 Å². The van der Waals surface area contributed by atoms with Gasteiger partial charge in [0.25, 0.3) is 0 Å². The Bertz CT molecular complexity index is 576. The normalized spacial score (nSPS) is 10.3. The monoisotopic (exact) mass is 232 g/mol. The summed E-state index contributed by atoms with van der Waals surface area (Å²) in [7, 11) is 0. The molecule has 0 saturated heterocycles. The van der Waals surface area contributed by atoms with Crippen LogP contribution in [0.4, 0.5) is 8.78 Å². The standard InChI is InChI=1S/C14H10F2O/c1-9-5-6-12(14(16)13(9)15)11-4-2-3-10(7-11)8-17/h2-8H,1H3. The van der Waals surface area contributed by atoms with Crippen molar-refractivity contribution >= 4 is 6.29 Å². The highest BCUT2D eigenvalue weighted by molar-refractivity contribution is 5.79. The molecule has 2 aromatic rings. The van der Waals surface area contributed by atoms with Gasteiger partial charge in [0.2, 0.25) is 0 Å². The first-order chi connectivity index (χ1) is 8.13. The van der Waals surface area contributed by atoms with E-state index < -0.39 is 11.6 Å². The summed E-state index contributed by atoms with van der Waals surface area (Å²) in [6.07, 6.45) is 0.673. The first-order valence-corrected chi connectivity index (χ1v) is 5.13. The average Bonchev–Trinajstić information content (AvgIpc) is 2.36. The smallest absolute Gasteiger partial charge is 0.166 e. The Balaban J connectivity index is 2.60. The first-order valence-electron chi connectivity index (χ1n) is 5.13. The minimum atomic E-state index is -0.881. The highest BCUT2D eigenvalue weighted by atomic mass is 19.2. The third-order valence-corrected chi connectivity index (χ3v) is 2.61. The van der Waals surface area contributed by atoms with Crippen LogP contribution < -0.4 is 0 Å². The summed E-state index contributed by atoms with van der Waals surface area (Å²) in [6, 6.07) is 9.44. The van der Waals surface area contributed by atoms with E-state index in [4.69, 9.17) is 0 Å². The van der Waals surface area contributed by atoms with Gasteiger partial charge in [0.05, 0.1) is 0 Å². The third-order valence-electron chi connectivity index (χ3n) is 2.61. The summed E-state index contributed by atoms with van der Waals surface area (Å²) in [5.41, 5.74) is 1.35. The molecule has 0 saturated carbocycles. The number of halogens is 2. The SMILES string of the molecule is Cc1ccc(-c2cccc(C=O)c2)c(F)c1F. The summed E-state index contributed by atoms with van der Waals surface area (Å²) in [5.74, 6) is -1.73. The second-order valence-electron chi connectivity index (χ2n) is 3.80. The molecule has 1 nitrogen and oxygen atoms in total. The molecule has 0 aromatic heterocycles. The molecular weight excluding hydrogens is 222 g/mol. The van der Waals surface area contributed by atoms with E-state index in [0.29, 0.717) is 17.4 Å². The zero-order chi connectivity index (χ0) is 12.4. The van der Waals surface area contributed by atoms with E-state index in [1.807, 2.05) is 0 Å². The molecule has 0 N–H and O–H groups in total. The van der Waals surface area contributed by atoms with E-state index in [0.717, 1.165) is 0 Å². The van der Waals surface area contributed by atoms with Crippen molar-refractivity contribution < 1.29 is 13.6 Å². The van der Waals surface area contributed by atoms with Crippen molar-refractivity contribution in [2.24, 2.45) is 0 Å². The molecule has 0 radical (unpaired) electrons. The zero-order valence-electron chi connectivity index (χ0n) is 9.21. The summed E-state index contributed by atoms with van der Waals surface area (Å²) in [5, 5.41) is 0. The van der Waals surface area contributed by atoms with Crippen molar-refractivity contribution in [1.29, 1.82) is 0 Å². The van der Waals surface area contributed by atoms with Gasteiger partial charge in [-0.1, -0.05) is 30.3 Å². The summed E-state index contributed by atoms with van der Waals surface area (Å²) < 4.78 is 27.1. The Morgan fingerprint density at radius 2 is 1.82 bits per heavy atom. The van der Waals surface area contributed by atoms with E-state index in [2.05, 4.69) is 0 Å². The lowest BCUT2D eigenvalue weighted by molar-refractivity contribution is 0.112. The number of aldehydes is 1. The summed E-state index contributed by atoms with van der Waals surface area (Å²) >= 11 is 0. The molecule has 0 unspecified atom stereocenters. The topological polar surface area (TPSA) is 17.1 Å². The largest absolute Gasteiger partial charge is 0.298 e. The van der Waals surface area contributed by atoms with Crippen molar-refractivity contribution in [2.75, 3.05) is 0 Å². The van der Waals surface area contributed by atoms with Crippen molar-refractivity contribution in [2.45, 2.75) is 6.92 Å². The maximum absolute atomic E-state index is 13.7. The number of carbonyl (C=O) groups is 1. The number of carbonyl (C=O) groups excluding carboxylic acids is 1. The molecule has 2 rings (SSSR count). The lowest BCUT2D eigenvalue weighted by atomic mass is 10.0. The molecular formula is C14H10F2O. The minimum absolute atomic E-state index is 0.164. The summed E-state index contributed by atoms with van der Waals surface area (Å²) in [6.45, 7) is 1.50. The van der Waals surface area contributed by atoms with Crippen LogP contribution in [0.25, 0.3) is 11.1 Å². The minimum Gasteiger partial charge on any atom is -0.298 e. The van der Waals surface area contributed by atoms with Gasteiger partial charge >= 0.3 is 0 Å². The van der Waals surface area contributed by atoms with Gasteiger partial charge in [0.15, 0.2) is 11.6 Å². The Labute approximate surface area is 97.7 Å². The molecule has 0 aliphatic rings. The van der Waals surface area contributed by atoms with Crippen LogP contribution in [0.2, 0.25) is 0 Å². The molecule has 2 aromatic carbocycles. The van der Waals surface area contributed by atoms with Crippen LogP contribution in [-0.2, 0) is 0 Å². The number of hydrogen-bond donors (Lipinski definition) is 0. The zero-order valence-corrected chi connectivity index (χ0v) is 9.21. The van der Waals surface area contributed by atoms with E-state index >= 15 is 0 Å². The molecule has 3 heteroatoms. The molecule has 0 fully saturated rings. The fourth-order valence-electron chi connectivity index (χ4n) is 1.65. The predicted octanol–water partition coefficient (Wildman–Crippen LogP) is 3.75. The maximum atomic E-state index is 13.7. The Morgan fingerprint density at radius 3 is 2.53 bits per heavy atom. The van der Waals surface area contributed by atoms with Crippen molar-refractivity contribution in [3.05, 3.63) is 59.2 Å². The van der Waals surface area contributed by atoms with Gasteiger partial charge in [0, 0.05) is 11.1 Å². The summed E-state index contributed by atoms with van der Waals surface area (Å²) in [4.78, 5) is 10.6. The number of aryl methyl sites for hydroxylation is 1. The highest BCUT2D eigenvalue weighted by Crippen LogP contribution is 2.26. The van der Waals surface area contributed by atoms with E-state index in [9.17, 15) is 13.6 Å². The Kier molecular flexibility index (Phi) is 3.00. The average molecular weight is 232 g/mol. The van der Waals surface area contributed by atoms with E-state index in [1.165, 1.54) is 25.1 Å². The molecule has 0 atom stereocenters. The molecule has 0 aliphatic heterocycles. The molecule has 86 valence electrons. The van der Waals surface area contributed by atoms with Gasteiger partial charge in [-0.25, -0.2) is 8.78 Å². The van der Waals surface area contributed by atoms with Crippen LogP contribution >= 0.6 is 0 Å². The van der Waals surface area contributed by atoms with Gasteiger partial charge in [-0.05, 0) is 24.1 Å². The Morgan fingerprint density at radius 1 is 1.06 bits per heavy atom. The van der Waals surface area contributed by atoms with Crippen molar-refractivity contribution in [3.63, 3.8) is 0 Å². The quantitative estimate of drug-likeness (QED) is 0.720. The predicted molar refractivity (Wildman–Crippen MR) is 61.9 cm³/mol. The molecule has 0 spiro atoms. The van der Waals surface area contributed by atoms with Crippen LogP contribution in [0.5, 0.6) is 0 Å². The van der Waals surface area contributed by atoms with Crippen LogP contribution in [0.15, 0.2) is 36.4 Å². The van der Waals surface area contributed by atoms with E-state index in [-0.39, 0.29) is 11.1 Å². The van der Waals surface area contributed by atoms with Gasteiger partial charge in [0.1, 0.15) is 6.29 Å². The van der Waals surface area contributed by atoms with E-state index in [1.54, 1.807) is 18.2 Å². The second-order valence-corrected chi connectivity index (χ2v) is 3.80. The third kappa shape index (κ3) is 2.09. The maximum Gasteiger partial charge on any atom is 0.166 e. The highest BCUT2D eigenvalue weighted by Gasteiger charge is 2.12. The van der Waals surface area contributed by atoms with Crippen LogP contribution in [0, 0.1) is 18.6 Å². The van der Waals surface area contributed by atoms with Gasteiger partial charge in [-0.2, -0.15) is 0 Å². The Hall–Kier alpha value is -2.03. The molecule has 0 amide bonds. The van der Waals surface area contributed by atoms with Gasteiger partial charge < -0.3 is 0 Å².